The molecule has 0 saturated heterocycles. The van der Waals surface area contributed by atoms with E-state index in [-0.39, 0.29) is 35.0 Å². The highest BCUT2D eigenvalue weighted by Gasteiger charge is 2.41. The second-order valence-electron chi connectivity index (χ2n) is 11.3. The number of nitrogens with zero attached hydrogens (tertiary/aromatic N) is 2. The van der Waals surface area contributed by atoms with Crippen LogP contribution in [-0.4, -0.2) is 42.2 Å². The summed E-state index contributed by atoms with van der Waals surface area (Å²) in [6, 6.07) is 14.1. The van der Waals surface area contributed by atoms with E-state index in [1.165, 1.54) is 39.0 Å². The van der Waals surface area contributed by atoms with E-state index >= 15 is 0 Å². The highest BCUT2D eigenvalue weighted by atomic mass is 32.2. The van der Waals surface area contributed by atoms with Crippen molar-refractivity contribution in [2.45, 2.75) is 50.1 Å². The number of carbonyl (C=O) groups excluding carboxylic acids is 1. The smallest absolute Gasteiger partial charge is 0.256 e. The van der Waals surface area contributed by atoms with Gasteiger partial charge < -0.3 is 10.6 Å². The van der Waals surface area contributed by atoms with Crippen molar-refractivity contribution in [2.24, 2.45) is 0 Å². The fraction of sp³-hybridized carbons (Fsp3) is 0.290. The van der Waals surface area contributed by atoms with Crippen LogP contribution >= 0.6 is 22.7 Å². The van der Waals surface area contributed by atoms with Crippen molar-refractivity contribution in [3.05, 3.63) is 89.8 Å². The Balaban J connectivity index is 1.52. The summed E-state index contributed by atoms with van der Waals surface area (Å²) in [5.41, 5.74) is 3.01. The third kappa shape index (κ3) is 5.67. The van der Waals surface area contributed by atoms with Crippen molar-refractivity contribution in [1.82, 2.24) is 14.6 Å². The lowest BCUT2D eigenvalue weighted by atomic mass is 9.81. The van der Waals surface area contributed by atoms with E-state index in [4.69, 9.17) is 4.98 Å². The molecule has 7 nitrogen and oxygen atoms in total. The first-order valence-corrected chi connectivity index (χ1v) is 16.4. The van der Waals surface area contributed by atoms with Crippen LogP contribution in [0.25, 0.3) is 20.8 Å². The van der Waals surface area contributed by atoms with Crippen LogP contribution in [0.5, 0.6) is 0 Å². The summed E-state index contributed by atoms with van der Waals surface area (Å²) in [6.45, 7) is 16.3. The van der Waals surface area contributed by atoms with Crippen molar-refractivity contribution in [1.29, 1.82) is 0 Å². The maximum atomic E-state index is 13.5. The Hall–Kier alpha value is -3.15. The fourth-order valence-electron chi connectivity index (χ4n) is 5.48. The van der Waals surface area contributed by atoms with Gasteiger partial charge in [-0.25, -0.2) is 13.4 Å². The van der Waals surface area contributed by atoms with Crippen molar-refractivity contribution in [2.75, 3.05) is 18.4 Å². The molecule has 2 N–H and O–H groups in total. The molecule has 0 fully saturated rings. The van der Waals surface area contributed by atoms with Crippen LogP contribution in [0.4, 0.5) is 5.00 Å². The molecule has 1 aliphatic heterocycles. The van der Waals surface area contributed by atoms with Gasteiger partial charge in [0, 0.05) is 40.2 Å². The van der Waals surface area contributed by atoms with E-state index in [9.17, 15) is 13.2 Å². The van der Waals surface area contributed by atoms with E-state index in [0.717, 1.165) is 32.2 Å². The van der Waals surface area contributed by atoms with Crippen LogP contribution in [-0.2, 0) is 22.0 Å². The summed E-state index contributed by atoms with van der Waals surface area (Å²) >= 11 is 3.19. The Bertz CT molecular complexity index is 1710. The van der Waals surface area contributed by atoms with Crippen molar-refractivity contribution in [3.8, 4) is 10.6 Å². The van der Waals surface area contributed by atoms with Crippen LogP contribution in [0.2, 0.25) is 0 Å². The normalized spacial score (nSPS) is 15.9. The molecule has 0 saturated carbocycles. The molecule has 1 amide bonds. The van der Waals surface area contributed by atoms with E-state index in [0.29, 0.717) is 5.56 Å². The number of amides is 1. The Morgan fingerprint density at radius 2 is 1.71 bits per heavy atom. The molecule has 0 unspecified atom stereocenters. The van der Waals surface area contributed by atoms with Gasteiger partial charge in [-0.15, -0.1) is 35.8 Å². The summed E-state index contributed by atoms with van der Waals surface area (Å²) in [5.74, 6) is -0.311. The summed E-state index contributed by atoms with van der Waals surface area (Å²) in [6.07, 6.45) is 3.86. The first-order chi connectivity index (χ1) is 19.4. The van der Waals surface area contributed by atoms with Crippen LogP contribution < -0.4 is 10.6 Å². The quantitative estimate of drug-likeness (QED) is 0.205. The van der Waals surface area contributed by atoms with E-state index in [1.807, 2.05) is 18.2 Å². The molecule has 214 valence electrons. The van der Waals surface area contributed by atoms with Crippen molar-refractivity contribution < 1.29 is 13.2 Å². The molecule has 0 aliphatic carbocycles. The molecule has 4 aromatic rings. The van der Waals surface area contributed by atoms with Gasteiger partial charge in [0.25, 0.3) is 5.91 Å². The van der Waals surface area contributed by atoms with Gasteiger partial charge in [0.05, 0.1) is 15.1 Å². The third-order valence-corrected chi connectivity index (χ3v) is 11.4. The molecule has 0 atom stereocenters. The minimum atomic E-state index is -3.76. The summed E-state index contributed by atoms with van der Waals surface area (Å²) < 4.78 is 28.6. The van der Waals surface area contributed by atoms with Gasteiger partial charge in [0.1, 0.15) is 10.0 Å². The number of fused-ring (bicyclic) bond motifs is 2. The molecule has 5 rings (SSSR count). The van der Waals surface area contributed by atoms with Crippen LogP contribution in [0.1, 0.15) is 48.5 Å². The predicted octanol–water partition coefficient (Wildman–Crippen LogP) is 6.80. The molecule has 0 bridgehead atoms. The largest absolute Gasteiger partial charge is 0.313 e. The minimum absolute atomic E-state index is 0.106. The number of para-hydroxylation sites is 1. The molecular weight excluding hydrogens is 573 g/mol. The Labute approximate surface area is 249 Å². The first kappa shape index (κ1) is 29.3. The monoisotopic (exact) mass is 606 g/mol. The molecule has 2 aromatic carbocycles. The Morgan fingerprint density at radius 3 is 2.34 bits per heavy atom. The van der Waals surface area contributed by atoms with Gasteiger partial charge in [0.2, 0.25) is 10.0 Å². The van der Waals surface area contributed by atoms with Crippen LogP contribution in [0.3, 0.4) is 0 Å². The highest BCUT2D eigenvalue weighted by Crippen LogP contribution is 2.50. The maximum absolute atomic E-state index is 13.5. The van der Waals surface area contributed by atoms with Gasteiger partial charge in [-0.2, -0.15) is 4.31 Å². The number of sulfonamides is 1. The molecule has 3 heterocycles. The Kier molecular flexibility index (Phi) is 7.82. The second-order valence-corrected chi connectivity index (χ2v) is 15.3. The third-order valence-electron chi connectivity index (χ3n) is 7.00. The van der Waals surface area contributed by atoms with Gasteiger partial charge in [0.15, 0.2) is 0 Å². The zero-order valence-electron chi connectivity index (χ0n) is 23.7. The lowest BCUT2D eigenvalue weighted by molar-refractivity contribution is 0.102. The minimum Gasteiger partial charge on any atom is -0.313 e. The van der Waals surface area contributed by atoms with Crippen LogP contribution in [0.15, 0.2) is 78.7 Å². The van der Waals surface area contributed by atoms with Gasteiger partial charge in [-0.1, -0.05) is 24.3 Å². The molecule has 10 heteroatoms. The van der Waals surface area contributed by atoms with Gasteiger partial charge >= 0.3 is 0 Å². The van der Waals surface area contributed by atoms with Gasteiger partial charge in [-0.05, 0) is 76.1 Å². The zero-order valence-corrected chi connectivity index (χ0v) is 26.1. The average molecular weight is 607 g/mol. The van der Waals surface area contributed by atoms with Crippen LogP contribution in [0, 0.1) is 0 Å². The number of benzene rings is 2. The highest BCUT2D eigenvalue weighted by molar-refractivity contribution is 7.89. The number of hydrogen-bond acceptors (Lipinski definition) is 7. The van der Waals surface area contributed by atoms with E-state index in [1.54, 1.807) is 34.8 Å². The molecule has 1 aliphatic rings. The second kappa shape index (κ2) is 10.9. The number of thiophene rings is 1. The number of anilines is 1. The number of nitrogens with one attached hydrogen (secondary N) is 2. The van der Waals surface area contributed by atoms with E-state index < -0.39 is 10.0 Å². The summed E-state index contributed by atoms with van der Waals surface area (Å²) in [5, 5.41) is 8.51. The van der Waals surface area contributed by atoms with Gasteiger partial charge in [-0.3, -0.25) is 4.79 Å². The van der Waals surface area contributed by atoms with E-state index in [2.05, 4.69) is 57.6 Å². The standard InChI is InChI=1S/C31H34N4O3S3/c1-7-17-35(18-8-2)41(37,38)21-15-13-20(14-16-21)27(36)33-29-25(28-32-23-11-9-10-12-24(23)39-28)22-19-30(3,4)34-31(5,6)26(22)40-29/h7-16,34H,1-2,17-19H2,3-6H3,(H,33,36). The molecule has 41 heavy (non-hydrogen) atoms. The SMILES string of the molecule is C=CCN(CC=C)S(=O)(=O)c1ccc(C(=O)Nc2sc3c(c2-c2nc4ccccc4s2)CC(C)(C)NC3(C)C)cc1. The number of rotatable bonds is 9. The molecule has 2 aromatic heterocycles. The molecular formula is C31H34N4O3S3. The number of thiazole rings is 1. The summed E-state index contributed by atoms with van der Waals surface area (Å²) in [7, 11) is -3.76. The maximum Gasteiger partial charge on any atom is 0.256 e. The average Bonchev–Trinajstić information content (AvgIpc) is 3.48. The lowest BCUT2D eigenvalue weighted by Crippen LogP contribution is -2.54. The van der Waals surface area contributed by atoms with Crippen molar-refractivity contribution >= 4 is 53.8 Å². The first-order valence-electron chi connectivity index (χ1n) is 13.3. The predicted molar refractivity (Wildman–Crippen MR) is 170 cm³/mol. The lowest BCUT2D eigenvalue weighted by Gasteiger charge is -2.42. The Morgan fingerprint density at radius 1 is 1.05 bits per heavy atom. The topological polar surface area (TPSA) is 91.4 Å². The molecule has 0 radical (unpaired) electrons. The zero-order chi connectivity index (χ0) is 29.6. The fourth-order valence-corrected chi connectivity index (χ4v) is 9.25. The number of hydrogen-bond donors (Lipinski definition) is 2. The summed E-state index contributed by atoms with van der Waals surface area (Å²) in [4.78, 5) is 19.8. The number of aromatic nitrogens is 1. The van der Waals surface area contributed by atoms with Crippen molar-refractivity contribution in [3.63, 3.8) is 0 Å². The molecule has 0 spiro atoms. The number of carbonyl (C=O) groups is 1.